The van der Waals surface area contributed by atoms with Crippen molar-refractivity contribution in [1.82, 2.24) is 0 Å². The van der Waals surface area contributed by atoms with Crippen molar-refractivity contribution in [3.05, 3.63) is 23.3 Å². The predicted octanol–water partition coefficient (Wildman–Crippen LogP) is 1.92. The van der Waals surface area contributed by atoms with Gasteiger partial charge in [-0.25, -0.2) is 0 Å². The summed E-state index contributed by atoms with van der Waals surface area (Å²) in [5, 5.41) is 8.78. The van der Waals surface area contributed by atoms with Gasteiger partial charge in [0.15, 0.2) is 0 Å². The third-order valence-electron chi connectivity index (χ3n) is 2.29. The zero-order chi connectivity index (χ0) is 12.0. The van der Waals surface area contributed by atoms with Crippen molar-refractivity contribution in [3.63, 3.8) is 0 Å². The van der Waals surface area contributed by atoms with Crippen molar-refractivity contribution >= 4 is 0 Å². The second-order valence-corrected chi connectivity index (χ2v) is 3.24. The van der Waals surface area contributed by atoms with Crippen molar-refractivity contribution in [2.45, 2.75) is 13.0 Å². The first kappa shape index (κ1) is 12.3. The number of nitriles is 1. The molecule has 1 aromatic carbocycles. The molecule has 0 saturated heterocycles. The van der Waals surface area contributed by atoms with E-state index in [-0.39, 0.29) is 0 Å². The van der Waals surface area contributed by atoms with Crippen molar-refractivity contribution in [2.24, 2.45) is 0 Å². The van der Waals surface area contributed by atoms with Gasteiger partial charge in [-0.15, -0.1) is 0 Å². The maximum absolute atomic E-state index is 8.78. The summed E-state index contributed by atoms with van der Waals surface area (Å²) in [6.07, 6.45) is 0.297. The van der Waals surface area contributed by atoms with Crippen LogP contribution in [0.4, 0.5) is 0 Å². The molecule has 0 aliphatic carbocycles. The van der Waals surface area contributed by atoms with E-state index >= 15 is 0 Å². The standard InChI is InChI=1S/C12H15NO3/c1-14-8-9-6-10(15-2)7-12(16-3)11(9)4-5-13/h6-7H,4,8H2,1-3H3. The Bertz CT molecular complexity index is 396. The van der Waals surface area contributed by atoms with Crippen molar-refractivity contribution in [1.29, 1.82) is 5.26 Å². The van der Waals surface area contributed by atoms with E-state index in [1.54, 1.807) is 27.4 Å². The molecule has 1 rings (SSSR count). The van der Waals surface area contributed by atoms with Crippen LogP contribution in [0.3, 0.4) is 0 Å². The topological polar surface area (TPSA) is 51.5 Å². The van der Waals surface area contributed by atoms with Gasteiger partial charge in [-0.05, 0) is 11.6 Å². The second-order valence-electron chi connectivity index (χ2n) is 3.24. The lowest BCUT2D eigenvalue weighted by molar-refractivity contribution is 0.183. The minimum Gasteiger partial charge on any atom is -0.497 e. The molecule has 0 unspecified atom stereocenters. The van der Waals surface area contributed by atoms with Gasteiger partial charge in [0.25, 0.3) is 0 Å². The highest BCUT2D eigenvalue weighted by molar-refractivity contribution is 5.47. The summed E-state index contributed by atoms with van der Waals surface area (Å²) in [5.41, 5.74) is 1.77. The van der Waals surface area contributed by atoms with Gasteiger partial charge in [0.2, 0.25) is 0 Å². The molecule has 0 saturated carbocycles. The molecule has 0 aliphatic rings. The molecule has 0 aromatic heterocycles. The lowest BCUT2D eigenvalue weighted by Crippen LogP contribution is -2.00. The molecule has 0 amide bonds. The minimum atomic E-state index is 0.297. The highest BCUT2D eigenvalue weighted by Crippen LogP contribution is 2.29. The summed E-state index contributed by atoms with van der Waals surface area (Å²) in [5.74, 6) is 1.36. The SMILES string of the molecule is COCc1cc(OC)cc(OC)c1CC#N. The molecule has 0 aliphatic heterocycles. The van der Waals surface area contributed by atoms with Crippen LogP contribution in [-0.2, 0) is 17.8 Å². The third kappa shape index (κ3) is 2.65. The highest BCUT2D eigenvalue weighted by atomic mass is 16.5. The van der Waals surface area contributed by atoms with Crippen LogP contribution in [0.25, 0.3) is 0 Å². The molecule has 0 atom stereocenters. The average molecular weight is 221 g/mol. The maximum Gasteiger partial charge on any atom is 0.127 e. The second kappa shape index (κ2) is 5.99. The molecule has 0 heterocycles. The molecular weight excluding hydrogens is 206 g/mol. The van der Waals surface area contributed by atoms with Gasteiger partial charge < -0.3 is 14.2 Å². The Morgan fingerprint density at radius 2 is 1.94 bits per heavy atom. The van der Waals surface area contributed by atoms with Gasteiger partial charge in [-0.2, -0.15) is 5.26 Å². The molecule has 16 heavy (non-hydrogen) atoms. The number of benzene rings is 1. The quantitative estimate of drug-likeness (QED) is 0.762. The molecule has 0 bridgehead atoms. The molecule has 4 nitrogen and oxygen atoms in total. The Balaban J connectivity index is 3.24. The summed E-state index contributed by atoms with van der Waals surface area (Å²) in [6.45, 7) is 0.435. The van der Waals surface area contributed by atoms with Gasteiger partial charge in [0.1, 0.15) is 11.5 Å². The average Bonchev–Trinajstić information content (AvgIpc) is 2.31. The summed E-state index contributed by atoms with van der Waals surface area (Å²) in [6, 6.07) is 5.75. The minimum absolute atomic E-state index is 0.297. The van der Waals surface area contributed by atoms with Crippen LogP contribution < -0.4 is 9.47 Å². The molecule has 86 valence electrons. The first-order valence-electron chi connectivity index (χ1n) is 4.86. The van der Waals surface area contributed by atoms with E-state index in [0.29, 0.717) is 24.5 Å². The van der Waals surface area contributed by atoms with Crippen LogP contribution in [0.5, 0.6) is 11.5 Å². The van der Waals surface area contributed by atoms with E-state index in [1.165, 1.54) is 0 Å². The van der Waals surface area contributed by atoms with Crippen LogP contribution in [-0.4, -0.2) is 21.3 Å². The number of methoxy groups -OCH3 is 3. The van der Waals surface area contributed by atoms with Gasteiger partial charge in [0, 0.05) is 18.7 Å². The predicted molar refractivity (Wildman–Crippen MR) is 59.6 cm³/mol. The molecule has 0 fully saturated rings. The van der Waals surface area contributed by atoms with Crippen molar-refractivity contribution in [2.75, 3.05) is 21.3 Å². The summed E-state index contributed by atoms with van der Waals surface area (Å²) < 4.78 is 15.5. The number of nitrogens with zero attached hydrogens (tertiary/aromatic N) is 1. The van der Waals surface area contributed by atoms with E-state index in [4.69, 9.17) is 19.5 Å². The zero-order valence-corrected chi connectivity index (χ0v) is 9.74. The number of hydrogen-bond donors (Lipinski definition) is 0. The van der Waals surface area contributed by atoms with Crippen LogP contribution in [0.1, 0.15) is 11.1 Å². The van der Waals surface area contributed by atoms with E-state index in [9.17, 15) is 0 Å². The first-order valence-corrected chi connectivity index (χ1v) is 4.86. The lowest BCUT2D eigenvalue weighted by Gasteiger charge is -2.13. The van der Waals surface area contributed by atoms with Gasteiger partial charge in [-0.1, -0.05) is 0 Å². The number of hydrogen-bond acceptors (Lipinski definition) is 4. The largest absolute Gasteiger partial charge is 0.497 e. The van der Waals surface area contributed by atoms with Crippen LogP contribution in [0.15, 0.2) is 12.1 Å². The van der Waals surface area contributed by atoms with E-state index < -0.39 is 0 Å². The Labute approximate surface area is 95.4 Å². The van der Waals surface area contributed by atoms with Crippen LogP contribution >= 0.6 is 0 Å². The Morgan fingerprint density at radius 3 is 2.44 bits per heavy atom. The van der Waals surface area contributed by atoms with E-state index in [2.05, 4.69) is 6.07 Å². The molecule has 0 spiro atoms. The maximum atomic E-state index is 8.78. The summed E-state index contributed by atoms with van der Waals surface area (Å²) >= 11 is 0. The monoisotopic (exact) mass is 221 g/mol. The Hall–Kier alpha value is -1.73. The fourth-order valence-electron chi connectivity index (χ4n) is 1.54. The molecule has 0 radical (unpaired) electrons. The molecule has 1 aromatic rings. The number of rotatable bonds is 5. The van der Waals surface area contributed by atoms with Gasteiger partial charge in [-0.3, -0.25) is 0 Å². The fraction of sp³-hybridized carbons (Fsp3) is 0.417. The van der Waals surface area contributed by atoms with E-state index in [1.807, 2.05) is 6.07 Å². The molecule has 0 N–H and O–H groups in total. The normalized spacial score (nSPS) is 9.62. The Kier molecular flexibility index (Phi) is 4.62. The first-order chi connectivity index (χ1) is 7.76. The smallest absolute Gasteiger partial charge is 0.127 e. The Morgan fingerprint density at radius 1 is 1.19 bits per heavy atom. The van der Waals surface area contributed by atoms with E-state index in [0.717, 1.165) is 11.1 Å². The highest BCUT2D eigenvalue weighted by Gasteiger charge is 2.11. The fourth-order valence-corrected chi connectivity index (χ4v) is 1.54. The number of ether oxygens (including phenoxy) is 3. The van der Waals surface area contributed by atoms with Crippen molar-refractivity contribution in [3.8, 4) is 17.6 Å². The lowest BCUT2D eigenvalue weighted by atomic mass is 10.0. The summed E-state index contributed by atoms with van der Waals surface area (Å²) in [7, 11) is 4.78. The van der Waals surface area contributed by atoms with Crippen LogP contribution in [0.2, 0.25) is 0 Å². The zero-order valence-electron chi connectivity index (χ0n) is 9.74. The third-order valence-corrected chi connectivity index (χ3v) is 2.29. The van der Waals surface area contributed by atoms with Gasteiger partial charge >= 0.3 is 0 Å². The summed E-state index contributed by atoms with van der Waals surface area (Å²) in [4.78, 5) is 0. The molecular formula is C12H15NO3. The van der Waals surface area contributed by atoms with Gasteiger partial charge in [0.05, 0.1) is 33.3 Å². The van der Waals surface area contributed by atoms with Crippen LogP contribution in [0, 0.1) is 11.3 Å². The molecule has 4 heteroatoms. The van der Waals surface area contributed by atoms with Crippen molar-refractivity contribution < 1.29 is 14.2 Å².